The molecule has 2 aromatic rings. The highest BCUT2D eigenvalue weighted by Crippen LogP contribution is 2.11. The summed E-state index contributed by atoms with van der Waals surface area (Å²) >= 11 is 0. The van der Waals surface area contributed by atoms with Gasteiger partial charge in [-0.15, -0.1) is 0 Å². The Morgan fingerprint density at radius 1 is 1.32 bits per heavy atom. The van der Waals surface area contributed by atoms with Gasteiger partial charge in [0.05, 0.1) is 0 Å². The van der Waals surface area contributed by atoms with E-state index >= 15 is 0 Å². The third-order valence-corrected chi connectivity index (χ3v) is 2.88. The number of aryl methyl sites for hydroxylation is 1. The van der Waals surface area contributed by atoms with Gasteiger partial charge in [-0.2, -0.15) is 0 Å². The van der Waals surface area contributed by atoms with Gasteiger partial charge >= 0.3 is 0 Å². The Kier molecular flexibility index (Phi) is 3.80. The number of nitrogen functional groups attached to an aromatic ring is 1. The Hall–Kier alpha value is -2.36. The maximum absolute atomic E-state index is 12.2. The molecular weight excluding hydrogens is 238 g/mol. The molecule has 0 aliphatic heterocycles. The summed E-state index contributed by atoms with van der Waals surface area (Å²) in [6.45, 7) is 2.61. The SMILES string of the molecule is Cc1cccc(CN(C)C(=O)c2ccnc(N)c2)c1. The maximum atomic E-state index is 12.2. The van der Waals surface area contributed by atoms with Crippen LogP contribution in [0.2, 0.25) is 0 Å². The fourth-order valence-electron chi connectivity index (χ4n) is 1.96. The third kappa shape index (κ3) is 3.31. The van der Waals surface area contributed by atoms with Crippen molar-refractivity contribution in [2.45, 2.75) is 13.5 Å². The highest BCUT2D eigenvalue weighted by molar-refractivity contribution is 5.94. The van der Waals surface area contributed by atoms with Gasteiger partial charge in [0, 0.05) is 25.4 Å². The van der Waals surface area contributed by atoms with Crippen LogP contribution < -0.4 is 5.73 Å². The minimum absolute atomic E-state index is 0.0596. The summed E-state index contributed by atoms with van der Waals surface area (Å²) in [6, 6.07) is 11.4. The van der Waals surface area contributed by atoms with E-state index < -0.39 is 0 Å². The number of hydrogen-bond acceptors (Lipinski definition) is 3. The van der Waals surface area contributed by atoms with Crippen molar-refractivity contribution in [3.63, 3.8) is 0 Å². The molecule has 0 bridgehead atoms. The second kappa shape index (κ2) is 5.52. The van der Waals surface area contributed by atoms with Crippen LogP contribution in [0.5, 0.6) is 0 Å². The summed E-state index contributed by atoms with van der Waals surface area (Å²) < 4.78 is 0. The largest absolute Gasteiger partial charge is 0.384 e. The van der Waals surface area contributed by atoms with Crippen LogP contribution in [0.15, 0.2) is 42.6 Å². The molecule has 2 N–H and O–H groups in total. The minimum atomic E-state index is -0.0596. The lowest BCUT2D eigenvalue weighted by molar-refractivity contribution is 0.0785. The zero-order chi connectivity index (χ0) is 13.8. The summed E-state index contributed by atoms with van der Waals surface area (Å²) in [7, 11) is 1.78. The first-order chi connectivity index (χ1) is 9.06. The Bertz CT molecular complexity index is 595. The molecule has 0 saturated heterocycles. The molecule has 1 heterocycles. The highest BCUT2D eigenvalue weighted by atomic mass is 16.2. The van der Waals surface area contributed by atoms with E-state index in [9.17, 15) is 4.79 Å². The standard InChI is InChI=1S/C15H17N3O/c1-11-4-3-5-12(8-11)10-18(2)15(19)13-6-7-17-14(16)9-13/h3-9H,10H2,1-2H3,(H2,16,17). The van der Waals surface area contributed by atoms with Crippen LogP contribution in [0.4, 0.5) is 5.82 Å². The van der Waals surface area contributed by atoms with Gasteiger partial charge in [0.25, 0.3) is 5.91 Å². The van der Waals surface area contributed by atoms with Crippen LogP contribution >= 0.6 is 0 Å². The number of anilines is 1. The van der Waals surface area contributed by atoms with Crippen molar-refractivity contribution < 1.29 is 4.79 Å². The Morgan fingerprint density at radius 2 is 2.11 bits per heavy atom. The molecule has 0 atom stereocenters. The number of pyridine rings is 1. The van der Waals surface area contributed by atoms with E-state index in [1.54, 1.807) is 30.3 Å². The summed E-state index contributed by atoms with van der Waals surface area (Å²) in [4.78, 5) is 17.8. The fraction of sp³-hybridized carbons (Fsp3) is 0.200. The molecule has 2 rings (SSSR count). The minimum Gasteiger partial charge on any atom is -0.384 e. The van der Waals surface area contributed by atoms with Crippen LogP contribution in [0.3, 0.4) is 0 Å². The molecule has 0 aliphatic rings. The Morgan fingerprint density at radius 3 is 2.79 bits per heavy atom. The molecule has 1 aromatic carbocycles. The number of aromatic nitrogens is 1. The number of nitrogens with zero attached hydrogens (tertiary/aromatic N) is 2. The number of hydrogen-bond donors (Lipinski definition) is 1. The lowest BCUT2D eigenvalue weighted by atomic mass is 10.1. The van der Waals surface area contributed by atoms with Crippen molar-refractivity contribution in [3.8, 4) is 0 Å². The maximum Gasteiger partial charge on any atom is 0.254 e. The number of benzene rings is 1. The normalized spacial score (nSPS) is 10.2. The van der Waals surface area contributed by atoms with Crippen LogP contribution in [0.25, 0.3) is 0 Å². The molecule has 19 heavy (non-hydrogen) atoms. The lowest BCUT2D eigenvalue weighted by Crippen LogP contribution is -2.26. The quantitative estimate of drug-likeness (QED) is 0.915. The predicted molar refractivity (Wildman–Crippen MR) is 75.6 cm³/mol. The van der Waals surface area contributed by atoms with Crippen molar-refractivity contribution in [2.24, 2.45) is 0 Å². The number of nitrogens with two attached hydrogens (primary N) is 1. The molecule has 0 unspecified atom stereocenters. The first-order valence-electron chi connectivity index (χ1n) is 6.09. The summed E-state index contributed by atoms with van der Waals surface area (Å²) in [5.74, 6) is 0.297. The first kappa shape index (κ1) is 13.1. The predicted octanol–water partition coefficient (Wildman–Crippen LogP) is 2.24. The van der Waals surface area contributed by atoms with E-state index in [1.807, 2.05) is 25.1 Å². The van der Waals surface area contributed by atoms with E-state index in [1.165, 1.54) is 5.56 Å². The first-order valence-corrected chi connectivity index (χ1v) is 6.09. The van der Waals surface area contributed by atoms with Gasteiger partial charge in [-0.3, -0.25) is 4.79 Å². The Labute approximate surface area is 112 Å². The van der Waals surface area contributed by atoms with Gasteiger partial charge in [0.1, 0.15) is 5.82 Å². The topological polar surface area (TPSA) is 59.2 Å². The van der Waals surface area contributed by atoms with Crippen molar-refractivity contribution in [1.82, 2.24) is 9.88 Å². The van der Waals surface area contributed by atoms with Crippen LogP contribution in [0.1, 0.15) is 21.5 Å². The van der Waals surface area contributed by atoms with Gasteiger partial charge in [-0.25, -0.2) is 4.98 Å². The number of carbonyl (C=O) groups is 1. The molecule has 0 radical (unpaired) electrons. The second-order valence-electron chi connectivity index (χ2n) is 4.62. The number of amides is 1. The zero-order valence-electron chi connectivity index (χ0n) is 11.1. The zero-order valence-corrected chi connectivity index (χ0v) is 11.1. The smallest absolute Gasteiger partial charge is 0.254 e. The molecule has 1 aromatic heterocycles. The molecule has 0 saturated carbocycles. The van der Waals surface area contributed by atoms with Crippen molar-refractivity contribution in [3.05, 3.63) is 59.3 Å². The second-order valence-corrected chi connectivity index (χ2v) is 4.62. The monoisotopic (exact) mass is 255 g/mol. The van der Waals surface area contributed by atoms with Gasteiger partial charge in [-0.05, 0) is 24.6 Å². The fourth-order valence-corrected chi connectivity index (χ4v) is 1.96. The molecule has 1 amide bonds. The average Bonchev–Trinajstić information content (AvgIpc) is 2.38. The molecule has 0 aliphatic carbocycles. The molecule has 4 nitrogen and oxygen atoms in total. The molecular formula is C15H17N3O. The average molecular weight is 255 g/mol. The van der Waals surface area contributed by atoms with E-state index in [0.29, 0.717) is 17.9 Å². The van der Waals surface area contributed by atoms with Gasteiger partial charge in [-0.1, -0.05) is 29.8 Å². The van der Waals surface area contributed by atoms with Crippen molar-refractivity contribution in [1.29, 1.82) is 0 Å². The van der Waals surface area contributed by atoms with Crippen LogP contribution in [-0.4, -0.2) is 22.8 Å². The number of carbonyl (C=O) groups excluding carboxylic acids is 1. The van der Waals surface area contributed by atoms with Crippen LogP contribution in [0, 0.1) is 6.92 Å². The summed E-state index contributed by atoms with van der Waals surface area (Å²) in [6.07, 6.45) is 1.54. The third-order valence-electron chi connectivity index (χ3n) is 2.88. The van der Waals surface area contributed by atoms with E-state index in [0.717, 1.165) is 5.56 Å². The van der Waals surface area contributed by atoms with Crippen LogP contribution in [-0.2, 0) is 6.54 Å². The van der Waals surface area contributed by atoms with Crippen molar-refractivity contribution in [2.75, 3.05) is 12.8 Å². The molecule has 98 valence electrons. The van der Waals surface area contributed by atoms with Gasteiger partial charge < -0.3 is 10.6 Å². The Balaban J connectivity index is 2.12. The molecule has 0 fully saturated rings. The highest BCUT2D eigenvalue weighted by Gasteiger charge is 2.12. The van der Waals surface area contributed by atoms with E-state index in [-0.39, 0.29) is 5.91 Å². The summed E-state index contributed by atoms with van der Waals surface area (Å²) in [5, 5.41) is 0. The van der Waals surface area contributed by atoms with E-state index in [2.05, 4.69) is 11.1 Å². The molecule has 0 spiro atoms. The van der Waals surface area contributed by atoms with Gasteiger partial charge in [0.2, 0.25) is 0 Å². The van der Waals surface area contributed by atoms with Gasteiger partial charge in [0.15, 0.2) is 0 Å². The molecule has 4 heteroatoms. The van der Waals surface area contributed by atoms with E-state index in [4.69, 9.17) is 5.73 Å². The number of rotatable bonds is 3. The lowest BCUT2D eigenvalue weighted by Gasteiger charge is -2.17. The van der Waals surface area contributed by atoms with Crippen molar-refractivity contribution >= 4 is 11.7 Å². The summed E-state index contributed by atoms with van der Waals surface area (Å²) in [5.41, 5.74) is 8.44.